The van der Waals surface area contributed by atoms with E-state index in [9.17, 15) is 13.4 Å². The number of hydrogen-bond donors (Lipinski definition) is 2. The van der Waals surface area contributed by atoms with Crippen LogP contribution in [0.1, 0.15) is 61.6 Å². The number of pyridine rings is 1. The van der Waals surface area contributed by atoms with Gasteiger partial charge in [0.2, 0.25) is 5.91 Å². The Labute approximate surface area is 210 Å². The molecule has 3 aromatic rings. The van der Waals surface area contributed by atoms with E-state index in [0.717, 1.165) is 28.1 Å². The van der Waals surface area contributed by atoms with E-state index in [0.29, 0.717) is 17.7 Å². The number of aromatic nitrogens is 1. The number of nitrogens with zero attached hydrogens (tertiary/aromatic N) is 1. The van der Waals surface area contributed by atoms with Crippen LogP contribution in [-0.2, 0) is 34.3 Å². The monoisotopic (exact) mass is 495 g/mol. The van der Waals surface area contributed by atoms with Crippen molar-refractivity contribution in [2.45, 2.75) is 59.0 Å². The minimum atomic E-state index is -1.23. The van der Waals surface area contributed by atoms with Gasteiger partial charge in [-0.1, -0.05) is 62.7 Å². The van der Waals surface area contributed by atoms with Gasteiger partial charge in [0, 0.05) is 41.6 Å². The van der Waals surface area contributed by atoms with E-state index < -0.39 is 22.7 Å². The second-order valence-electron chi connectivity index (χ2n) is 9.89. The van der Waals surface area contributed by atoms with E-state index in [-0.39, 0.29) is 17.9 Å². The minimum absolute atomic E-state index is 0.104. The Hall–Kier alpha value is -2.90. The zero-order valence-electron chi connectivity index (χ0n) is 21.2. The van der Waals surface area contributed by atoms with Crippen LogP contribution in [-0.4, -0.2) is 21.4 Å². The zero-order chi connectivity index (χ0) is 25.8. The molecule has 2 unspecified atom stereocenters. The molecule has 7 heteroatoms. The molecule has 1 aromatic heterocycles. The summed E-state index contributed by atoms with van der Waals surface area (Å²) >= 11 is 0. The van der Waals surface area contributed by atoms with Gasteiger partial charge in [0.15, 0.2) is 0 Å². The van der Waals surface area contributed by atoms with Gasteiger partial charge in [0.25, 0.3) is 0 Å². The number of benzene rings is 2. The standard InChI is InChI=1S/C28H34FN3O2S/c1-18-8-7-9-21(14-18)26-23(12-13-25(32-26)28(3,4)5)16-30-27(33)19(2)20-10-11-22(24(29)15-20)17-31-35(6)34/h7-15,19,31H,16-17H2,1-6H3,(H,30,33). The Kier molecular flexibility index (Phi) is 8.56. The summed E-state index contributed by atoms with van der Waals surface area (Å²) in [4.78, 5) is 17.9. The fourth-order valence-electron chi connectivity index (χ4n) is 3.73. The summed E-state index contributed by atoms with van der Waals surface area (Å²) in [5, 5.41) is 3.00. The fourth-order valence-corrected chi connectivity index (χ4v) is 4.09. The Morgan fingerprint density at radius 1 is 1.06 bits per heavy atom. The molecule has 1 amide bonds. The largest absolute Gasteiger partial charge is 0.351 e. The molecule has 2 N–H and O–H groups in total. The molecule has 1 heterocycles. The average molecular weight is 496 g/mol. The number of nitrogens with one attached hydrogen (secondary N) is 2. The van der Waals surface area contributed by atoms with Crippen LogP contribution in [0.5, 0.6) is 0 Å². The molecule has 5 nitrogen and oxygen atoms in total. The number of halogens is 1. The van der Waals surface area contributed by atoms with Gasteiger partial charge in [-0.3, -0.25) is 9.78 Å². The molecule has 0 spiro atoms. The van der Waals surface area contributed by atoms with Crippen molar-refractivity contribution < 1.29 is 13.4 Å². The van der Waals surface area contributed by atoms with Crippen LogP contribution in [0.3, 0.4) is 0 Å². The average Bonchev–Trinajstić information content (AvgIpc) is 2.80. The van der Waals surface area contributed by atoms with E-state index in [2.05, 4.69) is 36.9 Å². The van der Waals surface area contributed by atoms with Crippen molar-refractivity contribution in [2.75, 3.05) is 6.26 Å². The van der Waals surface area contributed by atoms with Gasteiger partial charge in [-0.2, -0.15) is 0 Å². The van der Waals surface area contributed by atoms with Crippen molar-refractivity contribution >= 4 is 16.9 Å². The second-order valence-corrected chi connectivity index (χ2v) is 11.1. The highest BCUT2D eigenvalue weighted by Crippen LogP contribution is 2.28. The summed E-state index contributed by atoms with van der Waals surface area (Å²) in [5.74, 6) is -1.15. The van der Waals surface area contributed by atoms with Crippen LogP contribution in [0.25, 0.3) is 11.3 Å². The van der Waals surface area contributed by atoms with Gasteiger partial charge in [0.1, 0.15) is 5.82 Å². The second kappa shape index (κ2) is 11.2. The normalized spacial score (nSPS) is 13.3. The molecule has 186 valence electrons. The Balaban J connectivity index is 1.79. The maximum absolute atomic E-state index is 14.5. The molecule has 2 atom stereocenters. The van der Waals surface area contributed by atoms with Crippen LogP contribution >= 0.6 is 0 Å². The van der Waals surface area contributed by atoms with Gasteiger partial charge < -0.3 is 5.32 Å². The Morgan fingerprint density at radius 2 is 1.77 bits per heavy atom. The topological polar surface area (TPSA) is 71.1 Å². The van der Waals surface area contributed by atoms with Gasteiger partial charge in [0.05, 0.1) is 22.6 Å². The van der Waals surface area contributed by atoms with E-state index in [4.69, 9.17) is 4.98 Å². The molecule has 0 saturated heterocycles. The number of hydrogen-bond acceptors (Lipinski definition) is 3. The molecule has 0 radical (unpaired) electrons. The van der Waals surface area contributed by atoms with Crippen molar-refractivity contribution in [3.05, 3.63) is 88.4 Å². The molecule has 2 aromatic carbocycles. The van der Waals surface area contributed by atoms with Gasteiger partial charge >= 0.3 is 0 Å². The number of aryl methyl sites for hydroxylation is 1. The summed E-state index contributed by atoms with van der Waals surface area (Å²) in [7, 11) is -1.23. The molecular weight excluding hydrogens is 461 g/mol. The molecule has 0 fully saturated rings. The van der Waals surface area contributed by atoms with Crippen molar-refractivity contribution in [3.63, 3.8) is 0 Å². The van der Waals surface area contributed by atoms with Crippen molar-refractivity contribution in [1.29, 1.82) is 0 Å². The predicted octanol–water partition coefficient (Wildman–Crippen LogP) is 5.30. The molecule has 0 aliphatic carbocycles. The van der Waals surface area contributed by atoms with E-state index >= 15 is 0 Å². The van der Waals surface area contributed by atoms with Crippen LogP contribution < -0.4 is 10.0 Å². The van der Waals surface area contributed by atoms with Gasteiger partial charge in [-0.05, 0) is 43.2 Å². The molecule has 0 aliphatic rings. The highest BCUT2D eigenvalue weighted by Gasteiger charge is 2.20. The van der Waals surface area contributed by atoms with E-state index in [1.54, 1.807) is 19.1 Å². The summed E-state index contributed by atoms with van der Waals surface area (Å²) < 4.78 is 28.4. The van der Waals surface area contributed by atoms with Crippen LogP contribution in [0, 0.1) is 12.7 Å². The first-order chi connectivity index (χ1) is 16.5. The SMILES string of the molecule is Cc1cccc(-c2nc(C(C)(C)C)ccc2CNC(=O)C(C)c2ccc(CNS(C)=O)c(F)c2)c1. The lowest BCUT2D eigenvalue weighted by atomic mass is 9.90. The fraction of sp³-hybridized carbons (Fsp3) is 0.357. The minimum Gasteiger partial charge on any atom is -0.351 e. The molecule has 0 bridgehead atoms. The summed E-state index contributed by atoms with van der Waals surface area (Å²) in [6.45, 7) is 10.7. The lowest BCUT2D eigenvalue weighted by molar-refractivity contribution is -0.122. The third-order valence-electron chi connectivity index (χ3n) is 5.93. The van der Waals surface area contributed by atoms with Gasteiger partial charge in [-0.15, -0.1) is 0 Å². The van der Waals surface area contributed by atoms with Crippen molar-refractivity contribution in [2.24, 2.45) is 0 Å². The van der Waals surface area contributed by atoms with Crippen molar-refractivity contribution in [1.82, 2.24) is 15.0 Å². The number of amides is 1. The highest BCUT2D eigenvalue weighted by molar-refractivity contribution is 7.82. The quantitative estimate of drug-likeness (QED) is 0.446. The smallest absolute Gasteiger partial charge is 0.227 e. The first-order valence-electron chi connectivity index (χ1n) is 11.7. The molecule has 35 heavy (non-hydrogen) atoms. The maximum Gasteiger partial charge on any atom is 0.227 e. The summed E-state index contributed by atoms with van der Waals surface area (Å²) in [5.41, 5.74) is 5.79. The first-order valence-corrected chi connectivity index (χ1v) is 13.2. The summed E-state index contributed by atoms with van der Waals surface area (Å²) in [6, 6.07) is 16.9. The van der Waals surface area contributed by atoms with Crippen LogP contribution in [0.4, 0.5) is 4.39 Å². The lowest BCUT2D eigenvalue weighted by Crippen LogP contribution is -2.28. The van der Waals surface area contributed by atoms with E-state index in [1.165, 1.54) is 12.3 Å². The third kappa shape index (κ3) is 7.05. The van der Waals surface area contributed by atoms with Crippen LogP contribution in [0.2, 0.25) is 0 Å². The van der Waals surface area contributed by atoms with Gasteiger partial charge in [-0.25, -0.2) is 13.3 Å². The van der Waals surface area contributed by atoms with Crippen LogP contribution in [0.15, 0.2) is 54.6 Å². The Bertz CT molecular complexity index is 1240. The predicted molar refractivity (Wildman–Crippen MR) is 141 cm³/mol. The highest BCUT2D eigenvalue weighted by atomic mass is 32.2. The molecular formula is C28H34FN3O2S. The summed E-state index contributed by atoms with van der Waals surface area (Å²) in [6.07, 6.45) is 1.50. The molecule has 0 saturated carbocycles. The van der Waals surface area contributed by atoms with Crippen molar-refractivity contribution in [3.8, 4) is 11.3 Å². The lowest BCUT2D eigenvalue weighted by Gasteiger charge is -2.21. The third-order valence-corrected chi connectivity index (χ3v) is 6.48. The molecule has 3 rings (SSSR count). The zero-order valence-corrected chi connectivity index (χ0v) is 22.1. The number of carbonyl (C=O) groups excluding carboxylic acids is 1. The first kappa shape index (κ1) is 26.7. The maximum atomic E-state index is 14.5. The number of rotatable bonds is 8. The van der Waals surface area contributed by atoms with E-state index in [1.807, 2.05) is 37.3 Å². The molecule has 0 aliphatic heterocycles. The Morgan fingerprint density at radius 3 is 2.40 bits per heavy atom. The number of carbonyl (C=O) groups is 1.